The van der Waals surface area contributed by atoms with Crippen LogP contribution in [0, 0.1) is 11.3 Å². The number of ketones is 1. The van der Waals surface area contributed by atoms with E-state index in [1.807, 2.05) is 31.2 Å². The SMILES string of the molecule is CCOc1ccc2cc([C@@H]3C(C#N)=C(N)OC(C)=C3C(C)=O)c(Cl)nc2c1. The number of ether oxygens (including phenoxy) is 2. The molecule has 0 spiro atoms. The molecule has 27 heavy (non-hydrogen) atoms. The number of aromatic nitrogens is 1. The maximum atomic E-state index is 12.3. The molecule has 1 aromatic carbocycles. The summed E-state index contributed by atoms with van der Waals surface area (Å²) in [6.45, 7) is 5.50. The van der Waals surface area contributed by atoms with Crippen molar-refractivity contribution in [3.05, 3.63) is 57.8 Å². The molecule has 2 N–H and O–H groups in total. The highest BCUT2D eigenvalue weighted by atomic mass is 35.5. The monoisotopic (exact) mass is 383 g/mol. The summed E-state index contributed by atoms with van der Waals surface area (Å²) in [7, 11) is 0. The summed E-state index contributed by atoms with van der Waals surface area (Å²) in [5.41, 5.74) is 7.56. The highest BCUT2D eigenvalue weighted by Gasteiger charge is 2.35. The molecule has 2 heterocycles. The van der Waals surface area contributed by atoms with Crippen LogP contribution in [0.5, 0.6) is 5.75 Å². The van der Waals surface area contributed by atoms with Crippen molar-refractivity contribution in [1.82, 2.24) is 4.98 Å². The minimum absolute atomic E-state index is 0.0344. The largest absolute Gasteiger partial charge is 0.494 e. The molecular weight excluding hydrogens is 366 g/mol. The van der Waals surface area contributed by atoms with Crippen LogP contribution < -0.4 is 10.5 Å². The van der Waals surface area contributed by atoms with Gasteiger partial charge >= 0.3 is 0 Å². The van der Waals surface area contributed by atoms with Crippen molar-refractivity contribution in [3.63, 3.8) is 0 Å². The van der Waals surface area contributed by atoms with Crippen LogP contribution in [0.1, 0.15) is 32.3 Å². The van der Waals surface area contributed by atoms with Gasteiger partial charge < -0.3 is 15.2 Å². The molecule has 3 rings (SSSR count). The number of nitrogens with zero attached hydrogens (tertiary/aromatic N) is 2. The first kappa shape index (κ1) is 18.7. The number of Topliss-reactive ketones (excluding diaryl/α,β-unsaturated/α-hetero) is 1. The number of hydrogen-bond acceptors (Lipinski definition) is 6. The van der Waals surface area contributed by atoms with Crippen molar-refractivity contribution < 1.29 is 14.3 Å². The quantitative estimate of drug-likeness (QED) is 0.802. The fraction of sp³-hybridized carbons (Fsp3) is 0.250. The first-order valence-electron chi connectivity index (χ1n) is 8.39. The molecule has 0 aliphatic carbocycles. The van der Waals surface area contributed by atoms with E-state index >= 15 is 0 Å². The standard InChI is InChI=1S/C20H18ClN3O3/c1-4-26-13-6-5-12-7-14(19(21)24-16(12)8-13)18-15(9-22)20(23)27-11(3)17(18)10(2)25/h5-8,18H,4,23H2,1-3H3/t18-/m1/s1. The molecule has 2 aromatic rings. The van der Waals surface area contributed by atoms with Crippen LogP contribution >= 0.6 is 11.6 Å². The van der Waals surface area contributed by atoms with Gasteiger partial charge in [-0.1, -0.05) is 11.6 Å². The summed E-state index contributed by atoms with van der Waals surface area (Å²) < 4.78 is 10.9. The minimum Gasteiger partial charge on any atom is -0.494 e. The number of allylic oxidation sites excluding steroid dienone is 3. The van der Waals surface area contributed by atoms with Gasteiger partial charge in [0.1, 0.15) is 28.3 Å². The minimum atomic E-state index is -0.725. The molecule has 1 atom stereocenters. The van der Waals surface area contributed by atoms with Crippen molar-refractivity contribution in [2.45, 2.75) is 26.7 Å². The Morgan fingerprint density at radius 1 is 1.44 bits per heavy atom. The number of pyridine rings is 1. The average Bonchev–Trinajstić information content (AvgIpc) is 2.60. The lowest BCUT2D eigenvalue weighted by molar-refractivity contribution is -0.114. The lowest BCUT2D eigenvalue weighted by atomic mass is 9.82. The summed E-state index contributed by atoms with van der Waals surface area (Å²) in [4.78, 5) is 16.7. The zero-order valence-electron chi connectivity index (χ0n) is 15.2. The molecule has 0 saturated heterocycles. The van der Waals surface area contributed by atoms with Gasteiger partial charge in [-0.25, -0.2) is 4.98 Å². The van der Waals surface area contributed by atoms with Crippen molar-refractivity contribution in [1.29, 1.82) is 5.26 Å². The third-order valence-corrected chi connectivity index (χ3v) is 4.68. The highest BCUT2D eigenvalue weighted by Crippen LogP contribution is 2.42. The summed E-state index contributed by atoms with van der Waals surface area (Å²) in [5, 5.41) is 10.6. The second-order valence-electron chi connectivity index (χ2n) is 6.11. The number of carbonyl (C=O) groups excluding carboxylic acids is 1. The Balaban J connectivity index is 2.23. The average molecular weight is 384 g/mol. The molecule has 1 aromatic heterocycles. The Kier molecular flexibility index (Phi) is 5.06. The molecule has 138 valence electrons. The number of halogens is 1. The number of fused-ring (bicyclic) bond motifs is 1. The highest BCUT2D eigenvalue weighted by molar-refractivity contribution is 6.30. The smallest absolute Gasteiger partial charge is 0.205 e. The molecule has 0 amide bonds. The van der Waals surface area contributed by atoms with Crippen LogP contribution in [0.15, 0.2) is 47.1 Å². The fourth-order valence-electron chi connectivity index (χ4n) is 3.25. The zero-order chi connectivity index (χ0) is 19.7. The van der Waals surface area contributed by atoms with Crippen LogP contribution in [0.25, 0.3) is 10.9 Å². The lowest BCUT2D eigenvalue weighted by Gasteiger charge is -2.27. The Morgan fingerprint density at radius 2 is 2.19 bits per heavy atom. The van der Waals surface area contributed by atoms with E-state index in [9.17, 15) is 10.1 Å². The van der Waals surface area contributed by atoms with Crippen LogP contribution in [0.4, 0.5) is 0 Å². The van der Waals surface area contributed by atoms with Crippen LogP contribution in [-0.4, -0.2) is 17.4 Å². The van der Waals surface area contributed by atoms with Gasteiger partial charge in [0.15, 0.2) is 5.78 Å². The van der Waals surface area contributed by atoms with Crippen LogP contribution in [0.3, 0.4) is 0 Å². The second kappa shape index (κ2) is 7.29. The molecule has 0 saturated carbocycles. The fourth-order valence-corrected chi connectivity index (χ4v) is 3.50. The lowest BCUT2D eigenvalue weighted by Crippen LogP contribution is -2.23. The molecular formula is C20H18ClN3O3. The number of rotatable bonds is 4. The van der Waals surface area contributed by atoms with Crippen molar-refractivity contribution in [2.75, 3.05) is 6.61 Å². The van der Waals surface area contributed by atoms with E-state index in [2.05, 4.69) is 4.98 Å². The summed E-state index contributed by atoms with van der Waals surface area (Å²) in [6.07, 6.45) is 0. The van der Waals surface area contributed by atoms with E-state index in [1.54, 1.807) is 13.0 Å². The van der Waals surface area contributed by atoms with E-state index in [4.69, 9.17) is 26.8 Å². The first-order valence-corrected chi connectivity index (χ1v) is 8.77. The van der Waals surface area contributed by atoms with E-state index in [0.717, 1.165) is 5.39 Å². The molecule has 6 nitrogen and oxygen atoms in total. The number of carbonyl (C=O) groups is 1. The van der Waals surface area contributed by atoms with Gasteiger partial charge in [0.2, 0.25) is 5.88 Å². The predicted octanol–water partition coefficient (Wildman–Crippen LogP) is 3.96. The number of hydrogen-bond donors (Lipinski definition) is 1. The Labute approximate surface area is 161 Å². The van der Waals surface area contributed by atoms with Gasteiger partial charge in [-0.05, 0) is 39.0 Å². The van der Waals surface area contributed by atoms with Crippen molar-refractivity contribution in [2.24, 2.45) is 5.73 Å². The van der Waals surface area contributed by atoms with Gasteiger partial charge in [-0.2, -0.15) is 5.26 Å². The third kappa shape index (κ3) is 3.34. The number of nitrogens with two attached hydrogens (primary N) is 1. The molecule has 0 radical (unpaired) electrons. The molecule has 0 bridgehead atoms. The van der Waals surface area contributed by atoms with Gasteiger partial charge in [-0.15, -0.1) is 0 Å². The van der Waals surface area contributed by atoms with E-state index < -0.39 is 5.92 Å². The second-order valence-corrected chi connectivity index (χ2v) is 6.46. The molecule has 0 fully saturated rings. The summed E-state index contributed by atoms with van der Waals surface area (Å²) >= 11 is 6.45. The maximum absolute atomic E-state index is 12.3. The van der Waals surface area contributed by atoms with Crippen LogP contribution in [0.2, 0.25) is 5.15 Å². The van der Waals surface area contributed by atoms with E-state index in [-0.39, 0.29) is 22.4 Å². The maximum Gasteiger partial charge on any atom is 0.205 e. The normalized spacial score (nSPS) is 16.9. The van der Waals surface area contributed by atoms with Crippen LogP contribution in [-0.2, 0) is 9.53 Å². The molecule has 0 unspecified atom stereocenters. The topological polar surface area (TPSA) is 98.2 Å². The Morgan fingerprint density at radius 3 is 2.81 bits per heavy atom. The van der Waals surface area contributed by atoms with E-state index in [1.165, 1.54) is 6.92 Å². The Hall–Kier alpha value is -3.04. The Bertz CT molecular complexity index is 1050. The van der Waals surface area contributed by atoms with Crippen molar-refractivity contribution in [3.8, 4) is 11.8 Å². The van der Waals surface area contributed by atoms with Gasteiger partial charge in [0.05, 0.1) is 18.0 Å². The molecule has 1 aliphatic rings. The van der Waals surface area contributed by atoms with Crippen molar-refractivity contribution >= 4 is 28.3 Å². The number of nitriles is 1. The first-order chi connectivity index (χ1) is 12.9. The van der Waals surface area contributed by atoms with E-state index in [0.29, 0.717) is 34.8 Å². The van der Waals surface area contributed by atoms with Gasteiger partial charge in [0, 0.05) is 22.6 Å². The summed E-state index contributed by atoms with van der Waals surface area (Å²) in [6, 6.07) is 9.34. The zero-order valence-corrected chi connectivity index (χ0v) is 15.9. The molecule has 1 aliphatic heterocycles. The predicted molar refractivity (Wildman–Crippen MR) is 102 cm³/mol. The third-order valence-electron chi connectivity index (χ3n) is 4.38. The van der Waals surface area contributed by atoms with Gasteiger partial charge in [0.25, 0.3) is 0 Å². The number of benzene rings is 1. The summed E-state index contributed by atoms with van der Waals surface area (Å²) in [5.74, 6) is 0.0620. The molecule has 7 heteroatoms. The van der Waals surface area contributed by atoms with Gasteiger partial charge in [-0.3, -0.25) is 4.79 Å².